The highest BCUT2D eigenvalue weighted by atomic mass is 32.1. The van der Waals surface area contributed by atoms with Gasteiger partial charge in [0.1, 0.15) is 5.75 Å². The van der Waals surface area contributed by atoms with Gasteiger partial charge in [-0.3, -0.25) is 4.79 Å². The standard InChI is InChI=1S/C19H15F2NO2S/c20-19(21)24-17-7-6-16(22-18(23)14-8-9-25-12-14)11-15(17)10-13-4-2-1-3-5-13/h1-9,11-12,19H,10H2,(H,22,23). The molecule has 0 aliphatic heterocycles. The predicted molar refractivity (Wildman–Crippen MR) is 94.6 cm³/mol. The molecule has 0 aliphatic carbocycles. The van der Waals surface area contributed by atoms with Crippen molar-refractivity contribution in [2.24, 2.45) is 0 Å². The Bertz CT molecular complexity index is 836. The van der Waals surface area contributed by atoms with Crippen LogP contribution < -0.4 is 10.1 Å². The van der Waals surface area contributed by atoms with E-state index in [4.69, 9.17) is 0 Å². The summed E-state index contributed by atoms with van der Waals surface area (Å²) in [5.41, 5.74) is 2.63. The molecule has 1 heterocycles. The second-order valence-corrected chi connectivity index (χ2v) is 6.11. The van der Waals surface area contributed by atoms with Gasteiger partial charge >= 0.3 is 6.61 Å². The van der Waals surface area contributed by atoms with Crippen LogP contribution in [0.1, 0.15) is 21.5 Å². The van der Waals surface area contributed by atoms with Crippen LogP contribution in [-0.4, -0.2) is 12.5 Å². The van der Waals surface area contributed by atoms with Crippen molar-refractivity contribution in [2.45, 2.75) is 13.0 Å². The van der Waals surface area contributed by atoms with Gasteiger partial charge in [-0.1, -0.05) is 30.3 Å². The number of amides is 1. The van der Waals surface area contributed by atoms with Crippen molar-refractivity contribution >= 4 is 22.9 Å². The SMILES string of the molecule is O=C(Nc1ccc(OC(F)F)c(Cc2ccccc2)c1)c1ccsc1. The third-order valence-corrected chi connectivity index (χ3v) is 4.24. The van der Waals surface area contributed by atoms with Crippen molar-refractivity contribution < 1.29 is 18.3 Å². The van der Waals surface area contributed by atoms with Crippen LogP contribution in [0, 0.1) is 0 Å². The summed E-state index contributed by atoms with van der Waals surface area (Å²) in [7, 11) is 0. The molecule has 0 saturated heterocycles. The van der Waals surface area contributed by atoms with E-state index in [1.807, 2.05) is 35.7 Å². The highest BCUT2D eigenvalue weighted by Crippen LogP contribution is 2.27. The van der Waals surface area contributed by atoms with E-state index in [0.29, 0.717) is 23.2 Å². The number of carbonyl (C=O) groups is 1. The third-order valence-electron chi connectivity index (χ3n) is 3.56. The number of thiophene rings is 1. The number of halogens is 2. The lowest BCUT2D eigenvalue weighted by Gasteiger charge is -2.13. The van der Waals surface area contributed by atoms with Gasteiger partial charge in [0, 0.05) is 23.1 Å². The number of hydrogen-bond acceptors (Lipinski definition) is 3. The van der Waals surface area contributed by atoms with E-state index in [-0.39, 0.29) is 11.7 Å². The number of anilines is 1. The van der Waals surface area contributed by atoms with Crippen LogP contribution in [0.25, 0.3) is 0 Å². The van der Waals surface area contributed by atoms with Crippen LogP contribution in [0.15, 0.2) is 65.4 Å². The molecule has 3 aromatic rings. The minimum atomic E-state index is -2.90. The fourth-order valence-corrected chi connectivity index (χ4v) is 3.05. The van der Waals surface area contributed by atoms with Crippen molar-refractivity contribution in [1.29, 1.82) is 0 Å². The Morgan fingerprint density at radius 3 is 2.60 bits per heavy atom. The molecule has 2 aromatic carbocycles. The van der Waals surface area contributed by atoms with Crippen LogP contribution in [0.3, 0.4) is 0 Å². The molecule has 0 saturated carbocycles. The fraction of sp³-hybridized carbons (Fsp3) is 0.105. The van der Waals surface area contributed by atoms with Crippen LogP contribution >= 0.6 is 11.3 Å². The number of benzene rings is 2. The first-order valence-corrected chi connectivity index (χ1v) is 8.51. The van der Waals surface area contributed by atoms with Crippen LogP contribution in [0.4, 0.5) is 14.5 Å². The lowest BCUT2D eigenvalue weighted by molar-refractivity contribution is -0.0503. The van der Waals surface area contributed by atoms with Gasteiger partial charge in [-0.05, 0) is 35.2 Å². The first-order chi connectivity index (χ1) is 12.1. The zero-order valence-electron chi connectivity index (χ0n) is 13.1. The maximum atomic E-state index is 12.6. The quantitative estimate of drug-likeness (QED) is 0.657. The molecule has 0 radical (unpaired) electrons. The summed E-state index contributed by atoms with van der Waals surface area (Å²) in [5, 5.41) is 6.34. The van der Waals surface area contributed by atoms with E-state index in [1.54, 1.807) is 23.6 Å². The van der Waals surface area contributed by atoms with Gasteiger partial charge in [0.05, 0.1) is 5.56 Å². The Balaban J connectivity index is 1.85. The first kappa shape index (κ1) is 17.1. The number of nitrogens with one attached hydrogen (secondary N) is 1. The molecule has 1 aromatic heterocycles. The molecule has 0 unspecified atom stereocenters. The molecule has 1 amide bonds. The van der Waals surface area contributed by atoms with Gasteiger partial charge in [0.2, 0.25) is 0 Å². The molecule has 3 rings (SSSR count). The van der Waals surface area contributed by atoms with E-state index in [1.165, 1.54) is 17.4 Å². The summed E-state index contributed by atoms with van der Waals surface area (Å²) in [5.74, 6) is -0.137. The molecule has 0 fully saturated rings. The van der Waals surface area contributed by atoms with Crippen molar-refractivity contribution in [1.82, 2.24) is 0 Å². The fourth-order valence-electron chi connectivity index (χ4n) is 2.42. The molecule has 128 valence electrons. The van der Waals surface area contributed by atoms with E-state index < -0.39 is 6.61 Å². The molecule has 6 heteroatoms. The lowest BCUT2D eigenvalue weighted by Crippen LogP contribution is -2.11. The van der Waals surface area contributed by atoms with Crippen LogP contribution in [0.5, 0.6) is 5.75 Å². The van der Waals surface area contributed by atoms with E-state index >= 15 is 0 Å². The lowest BCUT2D eigenvalue weighted by atomic mass is 10.0. The van der Waals surface area contributed by atoms with Crippen molar-refractivity contribution in [2.75, 3.05) is 5.32 Å². The first-order valence-electron chi connectivity index (χ1n) is 7.57. The van der Waals surface area contributed by atoms with E-state index in [0.717, 1.165) is 5.56 Å². The molecule has 0 atom stereocenters. The number of carbonyl (C=O) groups excluding carboxylic acids is 1. The molecular formula is C19H15F2NO2S. The average molecular weight is 359 g/mol. The van der Waals surface area contributed by atoms with Gasteiger partial charge < -0.3 is 10.1 Å². The summed E-state index contributed by atoms with van der Waals surface area (Å²) in [4.78, 5) is 12.2. The molecule has 0 spiro atoms. The highest BCUT2D eigenvalue weighted by molar-refractivity contribution is 7.08. The second-order valence-electron chi connectivity index (χ2n) is 5.33. The van der Waals surface area contributed by atoms with E-state index in [2.05, 4.69) is 10.1 Å². The van der Waals surface area contributed by atoms with Crippen molar-refractivity contribution in [3.63, 3.8) is 0 Å². The Hall–Kier alpha value is -2.73. The molecule has 0 bridgehead atoms. The van der Waals surface area contributed by atoms with E-state index in [9.17, 15) is 13.6 Å². The van der Waals surface area contributed by atoms with Gasteiger partial charge in [-0.15, -0.1) is 0 Å². The number of rotatable bonds is 6. The monoisotopic (exact) mass is 359 g/mol. The maximum absolute atomic E-state index is 12.6. The van der Waals surface area contributed by atoms with Gasteiger partial charge in [0.25, 0.3) is 5.91 Å². The number of hydrogen-bond donors (Lipinski definition) is 1. The summed E-state index contributed by atoms with van der Waals surface area (Å²) in [6, 6.07) is 15.8. The van der Waals surface area contributed by atoms with Gasteiger partial charge in [-0.25, -0.2) is 0 Å². The molecule has 25 heavy (non-hydrogen) atoms. The molecule has 3 nitrogen and oxygen atoms in total. The summed E-state index contributed by atoms with van der Waals surface area (Å²) >= 11 is 1.43. The van der Waals surface area contributed by atoms with Crippen LogP contribution in [-0.2, 0) is 6.42 Å². The summed E-state index contributed by atoms with van der Waals surface area (Å²) < 4.78 is 29.9. The minimum absolute atomic E-state index is 0.104. The predicted octanol–water partition coefficient (Wildman–Crippen LogP) is 5.19. The average Bonchev–Trinajstić information content (AvgIpc) is 3.12. The smallest absolute Gasteiger partial charge is 0.387 e. The zero-order chi connectivity index (χ0) is 17.6. The normalized spacial score (nSPS) is 10.7. The van der Waals surface area contributed by atoms with Gasteiger partial charge in [-0.2, -0.15) is 20.1 Å². The topological polar surface area (TPSA) is 38.3 Å². The maximum Gasteiger partial charge on any atom is 0.387 e. The largest absolute Gasteiger partial charge is 0.435 e. The number of ether oxygens (including phenoxy) is 1. The van der Waals surface area contributed by atoms with Gasteiger partial charge in [0.15, 0.2) is 0 Å². The summed E-state index contributed by atoms with van der Waals surface area (Å²) in [6.45, 7) is -2.90. The zero-order valence-corrected chi connectivity index (χ0v) is 13.9. The Morgan fingerprint density at radius 2 is 1.92 bits per heavy atom. The second kappa shape index (κ2) is 7.90. The Kier molecular flexibility index (Phi) is 5.40. The molecule has 1 N–H and O–H groups in total. The Morgan fingerprint density at radius 1 is 1.12 bits per heavy atom. The Labute approximate surface area is 147 Å². The minimum Gasteiger partial charge on any atom is -0.435 e. The van der Waals surface area contributed by atoms with Crippen molar-refractivity contribution in [3.8, 4) is 5.75 Å². The number of alkyl halides is 2. The molecule has 0 aliphatic rings. The summed E-state index contributed by atoms with van der Waals surface area (Å²) in [6.07, 6.45) is 0.422. The van der Waals surface area contributed by atoms with Crippen LogP contribution in [0.2, 0.25) is 0 Å². The molecular weight excluding hydrogens is 344 g/mol. The highest BCUT2D eigenvalue weighted by Gasteiger charge is 2.13. The van der Waals surface area contributed by atoms with Crippen molar-refractivity contribution in [3.05, 3.63) is 82.0 Å². The third kappa shape index (κ3) is 4.64.